The van der Waals surface area contributed by atoms with E-state index >= 15 is 0 Å². The highest BCUT2D eigenvalue weighted by Gasteiger charge is 2.19. The van der Waals surface area contributed by atoms with Gasteiger partial charge in [0, 0.05) is 24.3 Å². The second-order valence-electron chi connectivity index (χ2n) is 7.64. The number of amides is 1. The van der Waals surface area contributed by atoms with Gasteiger partial charge in [0.05, 0.1) is 23.4 Å². The summed E-state index contributed by atoms with van der Waals surface area (Å²) in [5.41, 5.74) is 1.41. The summed E-state index contributed by atoms with van der Waals surface area (Å²) in [6, 6.07) is 16.7. The molecule has 172 valence electrons. The molecule has 1 saturated heterocycles. The molecule has 3 aromatic rings. The predicted octanol–water partition coefficient (Wildman–Crippen LogP) is 4.49. The van der Waals surface area contributed by atoms with Crippen molar-refractivity contribution in [3.63, 3.8) is 0 Å². The Bertz CT molecular complexity index is 1260. The van der Waals surface area contributed by atoms with Gasteiger partial charge in [0.1, 0.15) is 11.6 Å². The third kappa shape index (κ3) is 5.09. The first-order chi connectivity index (χ1) is 15.9. The molecule has 1 amide bonds. The highest BCUT2D eigenvalue weighted by atomic mass is 32.2. The third-order valence-electron chi connectivity index (χ3n) is 5.43. The smallest absolute Gasteiger partial charge is 0.262 e. The SMILES string of the molecule is COc1ccccc1NS(=O)(=O)c1ccc(C(=O)Nc2ccc(N3CCCC3)c(F)c2)cc1. The van der Waals surface area contributed by atoms with Crippen LogP contribution in [0.4, 0.5) is 21.5 Å². The standard InChI is InChI=1S/C24H24FN3O4S/c1-32-23-7-3-2-6-21(23)27-33(30,31)19-11-8-17(9-12-19)24(29)26-18-10-13-22(20(25)16-18)28-14-4-5-15-28/h2-3,6-13,16,27H,4-5,14-15H2,1H3,(H,26,29). The minimum Gasteiger partial charge on any atom is -0.495 e. The van der Waals surface area contributed by atoms with E-state index in [-0.39, 0.29) is 10.5 Å². The quantitative estimate of drug-likeness (QED) is 0.533. The van der Waals surface area contributed by atoms with E-state index in [0.29, 0.717) is 22.8 Å². The van der Waals surface area contributed by atoms with E-state index in [0.717, 1.165) is 25.9 Å². The van der Waals surface area contributed by atoms with Crippen molar-refractivity contribution in [3.8, 4) is 5.75 Å². The van der Waals surface area contributed by atoms with Crippen molar-refractivity contribution in [3.05, 3.63) is 78.1 Å². The van der Waals surface area contributed by atoms with E-state index < -0.39 is 21.7 Å². The van der Waals surface area contributed by atoms with Gasteiger partial charge in [-0.3, -0.25) is 9.52 Å². The number of halogens is 1. The maximum atomic E-state index is 14.5. The number of hydrogen-bond acceptors (Lipinski definition) is 5. The van der Waals surface area contributed by atoms with Gasteiger partial charge in [-0.05, 0) is 67.4 Å². The van der Waals surface area contributed by atoms with Gasteiger partial charge in [-0.25, -0.2) is 12.8 Å². The molecule has 33 heavy (non-hydrogen) atoms. The van der Waals surface area contributed by atoms with Crippen LogP contribution in [0.15, 0.2) is 71.6 Å². The van der Waals surface area contributed by atoms with Crippen molar-refractivity contribution in [2.45, 2.75) is 17.7 Å². The summed E-state index contributed by atoms with van der Waals surface area (Å²) in [6.07, 6.45) is 2.08. The maximum Gasteiger partial charge on any atom is 0.262 e. The number of carbonyl (C=O) groups excluding carboxylic acids is 1. The summed E-state index contributed by atoms with van der Waals surface area (Å²) in [6.45, 7) is 1.65. The zero-order chi connectivity index (χ0) is 23.4. The van der Waals surface area contributed by atoms with Crippen LogP contribution < -0.4 is 19.7 Å². The Hall–Kier alpha value is -3.59. The lowest BCUT2D eigenvalue weighted by atomic mass is 10.2. The number of ether oxygens (including phenoxy) is 1. The summed E-state index contributed by atoms with van der Waals surface area (Å²) in [7, 11) is -2.43. The maximum absolute atomic E-state index is 14.5. The van der Waals surface area contributed by atoms with Crippen molar-refractivity contribution in [2.75, 3.05) is 35.1 Å². The summed E-state index contributed by atoms with van der Waals surface area (Å²) in [5.74, 6) is -0.469. The first-order valence-corrected chi connectivity index (χ1v) is 12.0. The third-order valence-corrected chi connectivity index (χ3v) is 6.81. The molecule has 0 aliphatic carbocycles. The summed E-state index contributed by atoms with van der Waals surface area (Å²) < 4.78 is 47.6. The van der Waals surface area contributed by atoms with Gasteiger partial charge in [0.25, 0.3) is 15.9 Å². The summed E-state index contributed by atoms with van der Waals surface area (Å²) in [5, 5.41) is 2.65. The molecule has 0 radical (unpaired) electrons. The molecule has 0 aromatic heterocycles. The van der Waals surface area contributed by atoms with Crippen LogP contribution in [0.3, 0.4) is 0 Å². The van der Waals surface area contributed by atoms with Crippen LogP contribution in [-0.4, -0.2) is 34.5 Å². The van der Waals surface area contributed by atoms with Gasteiger partial charge in [-0.15, -0.1) is 0 Å². The lowest BCUT2D eigenvalue weighted by Gasteiger charge is -2.18. The molecule has 4 rings (SSSR count). The molecule has 1 aliphatic heterocycles. The van der Waals surface area contributed by atoms with E-state index in [2.05, 4.69) is 10.0 Å². The molecule has 7 nitrogen and oxygen atoms in total. The van der Waals surface area contributed by atoms with Gasteiger partial charge in [0.15, 0.2) is 0 Å². The monoisotopic (exact) mass is 469 g/mol. The van der Waals surface area contributed by atoms with Crippen molar-refractivity contribution in [2.24, 2.45) is 0 Å². The molecule has 0 unspecified atom stereocenters. The van der Waals surface area contributed by atoms with Crippen LogP contribution in [0.2, 0.25) is 0 Å². The van der Waals surface area contributed by atoms with Crippen LogP contribution in [0, 0.1) is 5.82 Å². The fourth-order valence-corrected chi connectivity index (χ4v) is 4.79. The molecule has 0 bridgehead atoms. The Morgan fingerprint density at radius 1 is 1.00 bits per heavy atom. The van der Waals surface area contributed by atoms with Crippen LogP contribution in [0.25, 0.3) is 0 Å². The Morgan fingerprint density at radius 3 is 2.36 bits per heavy atom. The molecular weight excluding hydrogens is 445 g/mol. The lowest BCUT2D eigenvalue weighted by molar-refractivity contribution is 0.102. The Balaban J connectivity index is 1.45. The zero-order valence-electron chi connectivity index (χ0n) is 18.0. The number of methoxy groups -OCH3 is 1. The molecule has 3 aromatic carbocycles. The molecular formula is C24H24FN3O4S. The number of anilines is 3. The number of nitrogens with zero attached hydrogens (tertiary/aromatic N) is 1. The van der Waals surface area contributed by atoms with E-state index in [9.17, 15) is 17.6 Å². The number of hydrogen-bond donors (Lipinski definition) is 2. The largest absolute Gasteiger partial charge is 0.495 e. The molecule has 9 heteroatoms. The van der Waals surface area contributed by atoms with E-state index in [4.69, 9.17) is 4.74 Å². The number of benzene rings is 3. The molecule has 2 N–H and O–H groups in total. The normalized spacial score (nSPS) is 13.6. The predicted molar refractivity (Wildman–Crippen MR) is 126 cm³/mol. The summed E-state index contributed by atoms with van der Waals surface area (Å²) in [4.78, 5) is 14.6. The fraction of sp³-hybridized carbons (Fsp3) is 0.208. The molecule has 0 saturated carbocycles. The van der Waals surface area contributed by atoms with E-state index in [1.54, 1.807) is 36.4 Å². The first-order valence-electron chi connectivity index (χ1n) is 10.5. The number of sulfonamides is 1. The second-order valence-corrected chi connectivity index (χ2v) is 9.33. The second kappa shape index (κ2) is 9.50. The van der Waals surface area contributed by atoms with Crippen LogP contribution in [-0.2, 0) is 10.0 Å². The average Bonchev–Trinajstić information content (AvgIpc) is 3.34. The van der Waals surface area contributed by atoms with Crippen LogP contribution >= 0.6 is 0 Å². The van der Waals surface area contributed by atoms with Gasteiger partial charge in [-0.1, -0.05) is 12.1 Å². The fourth-order valence-electron chi connectivity index (χ4n) is 3.72. The molecule has 1 heterocycles. The van der Waals surface area contributed by atoms with Crippen molar-refractivity contribution < 1.29 is 22.3 Å². The number of para-hydroxylation sites is 2. The van der Waals surface area contributed by atoms with Gasteiger partial charge in [0.2, 0.25) is 0 Å². The molecule has 0 atom stereocenters. The van der Waals surface area contributed by atoms with Crippen LogP contribution in [0.5, 0.6) is 5.75 Å². The lowest BCUT2D eigenvalue weighted by Crippen LogP contribution is -2.19. The summed E-state index contributed by atoms with van der Waals surface area (Å²) >= 11 is 0. The Kier molecular flexibility index (Phi) is 6.50. The highest BCUT2D eigenvalue weighted by molar-refractivity contribution is 7.92. The average molecular weight is 470 g/mol. The number of carbonyl (C=O) groups is 1. The van der Waals surface area contributed by atoms with E-state index in [1.807, 2.05) is 4.90 Å². The Morgan fingerprint density at radius 2 is 1.70 bits per heavy atom. The first kappa shape index (κ1) is 22.6. The van der Waals surface area contributed by atoms with Gasteiger partial charge >= 0.3 is 0 Å². The van der Waals surface area contributed by atoms with Crippen LogP contribution in [0.1, 0.15) is 23.2 Å². The molecule has 1 fully saturated rings. The van der Waals surface area contributed by atoms with Gasteiger partial charge in [-0.2, -0.15) is 0 Å². The topological polar surface area (TPSA) is 87.7 Å². The minimum absolute atomic E-state index is 0.00836. The molecule has 1 aliphatic rings. The number of rotatable bonds is 7. The highest BCUT2D eigenvalue weighted by Crippen LogP contribution is 2.27. The van der Waals surface area contributed by atoms with Crippen molar-refractivity contribution in [1.29, 1.82) is 0 Å². The van der Waals surface area contributed by atoms with E-state index in [1.165, 1.54) is 37.4 Å². The van der Waals surface area contributed by atoms with Crippen molar-refractivity contribution >= 4 is 33.0 Å². The Labute approximate surface area is 192 Å². The zero-order valence-corrected chi connectivity index (χ0v) is 18.9. The number of nitrogens with one attached hydrogen (secondary N) is 2. The van der Waals surface area contributed by atoms with Crippen molar-refractivity contribution in [1.82, 2.24) is 0 Å². The molecule has 0 spiro atoms. The van der Waals surface area contributed by atoms with Gasteiger partial charge < -0.3 is 15.0 Å². The minimum atomic E-state index is -3.88.